The van der Waals surface area contributed by atoms with Crippen LogP contribution in [0.2, 0.25) is 0 Å². The molecule has 0 radical (unpaired) electrons. The molecule has 0 saturated carbocycles. The normalized spacial score (nSPS) is 19.0. The van der Waals surface area contributed by atoms with Gasteiger partial charge < -0.3 is 10.2 Å². The topological polar surface area (TPSA) is 40.5 Å². The zero-order valence-electron chi connectivity index (χ0n) is 9.63. The summed E-state index contributed by atoms with van der Waals surface area (Å²) in [6, 6.07) is 0. The van der Waals surface area contributed by atoms with E-state index in [1.807, 2.05) is 13.0 Å². The van der Waals surface area contributed by atoms with E-state index in [1.165, 1.54) is 31.3 Å². The maximum atomic E-state index is 9.06. The molecular formula is C13H24K2O2. The Bertz CT molecular complexity index is 246. The minimum atomic E-state index is 0. The molecule has 0 aliphatic heterocycles. The fourth-order valence-electron chi connectivity index (χ4n) is 1.86. The third-order valence-electron chi connectivity index (χ3n) is 2.97. The van der Waals surface area contributed by atoms with Crippen molar-refractivity contribution in [3.63, 3.8) is 0 Å². The Balaban J connectivity index is 0. The summed E-state index contributed by atoms with van der Waals surface area (Å²) in [4.78, 5) is 0. The Morgan fingerprint density at radius 2 is 1.47 bits per heavy atom. The van der Waals surface area contributed by atoms with Crippen molar-refractivity contribution < 1.29 is 10.2 Å². The summed E-state index contributed by atoms with van der Waals surface area (Å²) in [5, 5.41) is 17.8. The van der Waals surface area contributed by atoms with Crippen LogP contribution >= 0.6 is 0 Å². The first-order valence-electron chi connectivity index (χ1n) is 5.95. The Labute approximate surface area is 190 Å². The van der Waals surface area contributed by atoms with E-state index in [2.05, 4.69) is 0 Å². The van der Waals surface area contributed by atoms with Crippen LogP contribution in [0.4, 0.5) is 0 Å². The average molecular weight is 291 g/mol. The quantitative estimate of drug-likeness (QED) is 0.673. The van der Waals surface area contributed by atoms with Gasteiger partial charge in [0.05, 0.1) is 11.5 Å². The summed E-state index contributed by atoms with van der Waals surface area (Å²) < 4.78 is 0. The van der Waals surface area contributed by atoms with Crippen molar-refractivity contribution in [3.8, 4) is 0 Å². The second-order valence-corrected chi connectivity index (χ2v) is 4.38. The van der Waals surface area contributed by atoms with Gasteiger partial charge in [-0.1, -0.05) is 0 Å². The van der Waals surface area contributed by atoms with Crippen molar-refractivity contribution in [2.24, 2.45) is 0 Å². The van der Waals surface area contributed by atoms with E-state index >= 15 is 0 Å². The van der Waals surface area contributed by atoms with Crippen molar-refractivity contribution in [2.75, 3.05) is 0 Å². The average Bonchev–Trinajstić information content (AvgIpc) is 2.25. The molecule has 2 aliphatic carbocycles. The minimum absolute atomic E-state index is 0. The van der Waals surface area contributed by atoms with Gasteiger partial charge >= 0.3 is 103 Å². The molecule has 0 spiro atoms. The standard InChI is InChI=1S/C7H12O.C6H10O.2K.2H/c1-6-4-2-3-5-7(6)8;7-6-4-2-1-3-5-6;;;;/h8H,2-5H2,1H3;4,7H,1-3,5H2;;;;. The number of allylic oxidation sites excluding steroid dienone is 4. The van der Waals surface area contributed by atoms with Gasteiger partial charge in [-0.05, 0) is 57.1 Å². The molecule has 2 aliphatic rings. The first kappa shape index (κ1) is 21.6. The second kappa shape index (κ2) is 13.3. The summed E-state index contributed by atoms with van der Waals surface area (Å²) >= 11 is 0. The van der Waals surface area contributed by atoms with E-state index in [1.54, 1.807) is 0 Å². The van der Waals surface area contributed by atoms with Crippen LogP contribution in [0.5, 0.6) is 0 Å². The van der Waals surface area contributed by atoms with Gasteiger partial charge in [0.1, 0.15) is 0 Å². The first-order valence-corrected chi connectivity index (χ1v) is 5.95. The molecule has 4 heteroatoms. The van der Waals surface area contributed by atoms with Gasteiger partial charge in [-0.3, -0.25) is 0 Å². The number of hydrogen-bond acceptors (Lipinski definition) is 2. The third kappa shape index (κ3) is 10.8. The van der Waals surface area contributed by atoms with Gasteiger partial charge in [-0.15, -0.1) is 0 Å². The molecular weight excluding hydrogens is 266 g/mol. The predicted molar refractivity (Wildman–Crippen MR) is 77.3 cm³/mol. The summed E-state index contributed by atoms with van der Waals surface area (Å²) in [5.41, 5.74) is 1.19. The van der Waals surface area contributed by atoms with E-state index in [-0.39, 0.29) is 103 Å². The number of aliphatic hydroxyl groups excluding tert-OH is 2. The SMILES string of the molecule is CC1=C(O)CCCC1.OC1=CCCCC1.[KH].[KH]. The van der Waals surface area contributed by atoms with E-state index in [9.17, 15) is 0 Å². The molecule has 17 heavy (non-hydrogen) atoms. The summed E-state index contributed by atoms with van der Waals surface area (Å²) in [5.74, 6) is 1.22. The van der Waals surface area contributed by atoms with Crippen LogP contribution in [0.1, 0.15) is 58.3 Å². The zero-order valence-corrected chi connectivity index (χ0v) is 9.63. The Morgan fingerprint density at radius 1 is 0.882 bits per heavy atom. The van der Waals surface area contributed by atoms with E-state index in [0.717, 1.165) is 25.7 Å². The van der Waals surface area contributed by atoms with Gasteiger partial charge in [-0.25, -0.2) is 0 Å². The van der Waals surface area contributed by atoms with E-state index < -0.39 is 0 Å². The number of aliphatic hydroxyl groups is 2. The molecule has 2 N–H and O–H groups in total. The predicted octanol–water partition coefficient (Wildman–Crippen LogP) is 3.10. The van der Waals surface area contributed by atoms with Crippen LogP contribution in [0.15, 0.2) is 23.2 Å². The molecule has 0 amide bonds. The summed E-state index contributed by atoms with van der Waals surface area (Å²) in [7, 11) is 0. The van der Waals surface area contributed by atoms with Crippen LogP contribution in [0.25, 0.3) is 0 Å². The van der Waals surface area contributed by atoms with Crippen molar-refractivity contribution in [3.05, 3.63) is 23.2 Å². The van der Waals surface area contributed by atoms with E-state index in [4.69, 9.17) is 10.2 Å². The second-order valence-electron chi connectivity index (χ2n) is 4.38. The molecule has 0 fully saturated rings. The molecule has 2 rings (SSSR count). The first-order chi connectivity index (χ1) is 7.20. The molecule has 0 unspecified atom stereocenters. The van der Waals surface area contributed by atoms with Crippen LogP contribution in [0.3, 0.4) is 0 Å². The molecule has 0 aromatic heterocycles. The van der Waals surface area contributed by atoms with Gasteiger partial charge in [0.25, 0.3) is 0 Å². The van der Waals surface area contributed by atoms with Crippen LogP contribution in [0, 0.1) is 0 Å². The van der Waals surface area contributed by atoms with Gasteiger partial charge in [0, 0.05) is 12.8 Å². The molecule has 90 valence electrons. The van der Waals surface area contributed by atoms with Crippen LogP contribution < -0.4 is 0 Å². The molecule has 0 heterocycles. The Kier molecular flexibility index (Phi) is 17.0. The summed E-state index contributed by atoms with van der Waals surface area (Å²) in [6.07, 6.45) is 10.7. The molecule has 0 aromatic carbocycles. The fourth-order valence-corrected chi connectivity index (χ4v) is 1.86. The number of rotatable bonds is 0. The van der Waals surface area contributed by atoms with E-state index in [0.29, 0.717) is 11.5 Å². The van der Waals surface area contributed by atoms with Crippen molar-refractivity contribution in [1.29, 1.82) is 0 Å². The molecule has 0 saturated heterocycles. The molecule has 0 atom stereocenters. The third-order valence-corrected chi connectivity index (χ3v) is 2.97. The van der Waals surface area contributed by atoms with Crippen LogP contribution in [-0.2, 0) is 0 Å². The van der Waals surface area contributed by atoms with Crippen molar-refractivity contribution in [1.82, 2.24) is 0 Å². The monoisotopic (exact) mass is 290 g/mol. The Morgan fingerprint density at radius 3 is 1.76 bits per heavy atom. The molecule has 0 aromatic rings. The zero-order chi connectivity index (χ0) is 11.1. The Hall–Kier alpha value is 2.35. The number of hydrogen-bond donors (Lipinski definition) is 2. The van der Waals surface area contributed by atoms with Crippen molar-refractivity contribution >= 4 is 103 Å². The maximum absolute atomic E-state index is 9.06. The van der Waals surface area contributed by atoms with Gasteiger partial charge in [0.15, 0.2) is 0 Å². The van der Waals surface area contributed by atoms with Gasteiger partial charge in [-0.2, -0.15) is 0 Å². The van der Waals surface area contributed by atoms with Gasteiger partial charge in [0.2, 0.25) is 0 Å². The van der Waals surface area contributed by atoms with Crippen molar-refractivity contribution in [2.45, 2.75) is 58.3 Å². The molecule has 2 nitrogen and oxygen atoms in total. The van der Waals surface area contributed by atoms with Crippen LogP contribution in [-0.4, -0.2) is 113 Å². The summed E-state index contributed by atoms with van der Waals surface area (Å²) in [6.45, 7) is 2.01. The fraction of sp³-hybridized carbons (Fsp3) is 0.692. The molecule has 0 bridgehead atoms.